The zero-order chi connectivity index (χ0) is 15.4. The van der Waals surface area contributed by atoms with Crippen LogP contribution in [0.2, 0.25) is 0 Å². The Morgan fingerprint density at radius 2 is 1.81 bits per heavy atom. The van der Waals surface area contributed by atoms with E-state index in [1.807, 2.05) is 30.3 Å². The smallest absolute Gasteiger partial charge is 0.328 e. The summed E-state index contributed by atoms with van der Waals surface area (Å²) >= 11 is 0. The van der Waals surface area contributed by atoms with Gasteiger partial charge in [0.15, 0.2) is 6.04 Å². The maximum Gasteiger partial charge on any atom is 0.328 e. The SMILES string of the molecule is CCN(C(=O)c1cccc2ccccc12)C(CO)C(=O)O. The van der Waals surface area contributed by atoms with Gasteiger partial charge in [-0.1, -0.05) is 36.4 Å². The molecular formula is C16H17NO4. The van der Waals surface area contributed by atoms with E-state index in [0.717, 1.165) is 10.8 Å². The molecule has 2 rings (SSSR count). The standard InChI is InChI=1S/C16H17NO4/c1-2-17(14(10-18)16(20)21)15(19)13-9-5-7-11-6-3-4-8-12(11)13/h3-9,14,18H,2,10H2,1H3,(H,20,21). The molecule has 0 radical (unpaired) electrons. The second kappa shape index (κ2) is 6.37. The summed E-state index contributed by atoms with van der Waals surface area (Å²) in [5.41, 5.74) is 0.439. The van der Waals surface area contributed by atoms with Crippen molar-refractivity contribution in [3.8, 4) is 0 Å². The maximum absolute atomic E-state index is 12.6. The first kappa shape index (κ1) is 15.0. The normalized spacial score (nSPS) is 12.1. The molecule has 0 spiro atoms. The molecule has 1 amide bonds. The fourth-order valence-electron chi connectivity index (χ4n) is 2.38. The molecule has 5 nitrogen and oxygen atoms in total. The van der Waals surface area contributed by atoms with Crippen molar-refractivity contribution in [2.45, 2.75) is 13.0 Å². The molecule has 0 saturated carbocycles. The van der Waals surface area contributed by atoms with Gasteiger partial charge in [-0.2, -0.15) is 0 Å². The Balaban J connectivity index is 2.47. The van der Waals surface area contributed by atoms with Crippen LogP contribution in [0.5, 0.6) is 0 Å². The first-order valence-electron chi connectivity index (χ1n) is 6.72. The van der Waals surface area contributed by atoms with Gasteiger partial charge in [-0.25, -0.2) is 4.79 Å². The van der Waals surface area contributed by atoms with Crippen LogP contribution >= 0.6 is 0 Å². The Labute approximate surface area is 122 Å². The lowest BCUT2D eigenvalue weighted by Crippen LogP contribution is -2.47. The fourth-order valence-corrected chi connectivity index (χ4v) is 2.38. The number of carboxylic acid groups (broad SMARTS) is 1. The molecule has 5 heteroatoms. The van der Waals surface area contributed by atoms with E-state index < -0.39 is 24.5 Å². The molecule has 0 heterocycles. The lowest BCUT2D eigenvalue weighted by Gasteiger charge is -2.26. The Morgan fingerprint density at radius 1 is 1.14 bits per heavy atom. The molecular weight excluding hydrogens is 270 g/mol. The van der Waals surface area contributed by atoms with Crippen molar-refractivity contribution >= 4 is 22.6 Å². The molecule has 0 aliphatic rings. The number of likely N-dealkylation sites (N-methyl/N-ethyl adjacent to an activating group) is 1. The number of aliphatic hydroxyl groups excluding tert-OH is 1. The third-order valence-corrected chi connectivity index (χ3v) is 3.46. The van der Waals surface area contributed by atoms with E-state index in [9.17, 15) is 14.7 Å². The van der Waals surface area contributed by atoms with Crippen molar-refractivity contribution in [1.29, 1.82) is 0 Å². The van der Waals surface area contributed by atoms with Crippen LogP contribution < -0.4 is 0 Å². The number of aliphatic carboxylic acids is 1. The van der Waals surface area contributed by atoms with Gasteiger partial charge in [-0.15, -0.1) is 0 Å². The third kappa shape index (κ3) is 2.87. The lowest BCUT2D eigenvalue weighted by molar-refractivity contribution is -0.143. The van der Waals surface area contributed by atoms with Crippen LogP contribution in [0.25, 0.3) is 10.8 Å². The zero-order valence-corrected chi connectivity index (χ0v) is 11.7. The second-order valence-corrected chi connectivity index (χ2v) is 4.65. The van der Waals surface area contributed by atoms with Gasteiger partial charge in [-0.05, 0) is 23.8 Å². The molecule has 2 N–H and O–H groups in total. The summed E-state index contributed by atoms with van der Waals surface area (Å²) in [4.78, 5) is 25.0. The molecule has 0 saturated heterocycles. The molecule has 1 unspecified atom stereocenters. The first-order valence-corrected chi connectivity index (χ1v) is 6.72. The molecule has 21 heavy (non-hydrogen) atoms. The van der Waals surface area contributed by atoms with E-state index in [4.69, 9.17) is 5.11 Å². The van der Waals surface area contributed by atoms with Crippen molar-refractivity contribution in [1.82, 2.24) is 4.90 Å². The predicted molar refractivity (Wildman–Crippen MR) is 79.2 cm³/mol. The zero-order valence-electron chi connectivity index (χ0n) is 11.7. The van der Waals surface area contributed by atoms with E-state index in [1.54, 1.807) is 19.1 Å². The summed E-state index contributed by atoms with van der Waals surface area (Å²) in [6.45, 7) is 1.29. The highest BCUT2D eigenvalue weighted by Crippen LogP contribution is 2.20. The average Bonchev–Trinajstić information content (AvgIpc) is 2.50. The number of benzene rings is 2. The Morgan fingerprint density at radius 3 is 2.43 bits per heavy atom. The molecule has 0 aromatic heterocycles. The minimum absolute atomic E-state index is 0.208. The van der Waals surface area contributed by atoms with Crippen LogP contribution in [0.1, 0.15) is 17.3 Å². The van der Waals surface area contributed by atoms with Crippen molar-refractivity contribution in [2.75, 3.05) is 13.2 Å². The molecule has 0 bridgehead atoms. The summed E-state index contributed by atoms with van der Waals surface area (Å²) < 4.78 is 0. The van der Waals surface area contributed by atoms with Crippen molar-refractivity contribution < 1.29 is 19.8 Å². The number of hydrogen-bond donors (Lipinski definition) is 2. The molecule has 0 fully saturated rings. The number of rotatable bonds is 5. The summed E-state index contributed by atoms with van der Waals surface area (Å²) in [7, 11) is 0. The summed E-state index contributed by atoms with van der Waals surface area (Å²) in [6.07, 6.45) is 0. The predicted octanol–water partition coefficient (Wildman–Crippen LogP) is 1.75. The van der Waals surface area contributed by atoms with Crippen molar-refractivity contribution in [3.63, 3.8) is 0 Å². The summed E-state index contributed by atoms with van der Waals surface area (Å²) in [6, 6.07) is 11.5. The van der Waals surface area contributed by atoms with Gasteiger partial charge < -0.3 is 15.1 Å². The number of carboxylic acids is 1. The number of aliphatic hydroxyl groups is 1. The first-order chi connectivity index (χ1) is 10.1. The van der Waals surface area contributed by atoms with Gasteiger partial charge in [0, 0.05) is 12.1 Å². The van der Waals surface area contributed by atoms with Crippen LogP contribution in [0.4, 0.5) is 0 Å². The summed E-state index contributed by atoms with van der Waals surface area (Å²) in [5, 5.41) is 20.0. The molecule has 110 valence electrons. The van der Waals surface area contributed by atoms with Gasteiger partial charge >= 0.3 is 5.97 Å². The minimum atomic E-state index is -1.23. The Bertz CT molecular complexity index is 663. The van der Waals surface area contributed by atoms with Gasteiger partial charge in [0.05, 0.1) is 6.61 Å². The molecule has 2 aromatic rings. The third-order valence-electron chi connectivity index (χ3n) is 3.46. The van der Waals surface area contributed by atoms with E-state index >= 15 is 0 Å². The number of nitrogens with zero attached hydrogens (tertiary/aromatic N) is 1. The minimum Gasteiger partial charge on any atom is -0.480 e. The number of carbonyl (C=O) groups is 2. The van der Waals surface area contributed by atoms with Gasteiger partial charge in [0.1, 0.15) is 0 Å². The van der Waals surface area contributed by atoms with E-state index in [2.05, 4.69) is 0 Å². The van der Waals surface area contributed by atoms with Crippen LogP contribution in [-0.4, -0.2) is 46.2 Å². The quantitative estimate of drug-likeness (QED) is 0.878. The molecule has 0 aliphatic carbocycles. The van der Waals surface area contributed by atoms with E-state index in [1.165, 1.54) is 4.90 Å². The van der Waals surface area contributed by atoms with Crippen LogP contribution in [0, 0.1) is 0 Å². The fraction of sp³-hybridized carbons (Fsp3) is 0.250. The average molecular weight is 287 g/mol. The molecule has 1 atom stereocenters. The lowest BCUT2D eigenvalue weighted by atomic mass is 10.0. The van der Waals surface area contributed by atoms with Gasteiger partial charge in [-0.3, -0.25) is 4.79 Å². The van der Waals surface area contributed by atoms with Crippen molar-refractivity contribution in [3.05, 3.63) is 48.0 Å². The Hall–Kier alpha value is -2.40. The Kier molecular flexibility index (Phi) is 4.55. The number of amides is 1. The summed E-state index contributed by atoms with van der Waals surface area (Å²) in [5.74, 6) is -1.61. The largest absolute Gasteiger partial charge is 0.480 e. The number of hydrogen-bond acceptors (Lipinski definition) is 3. The molecule has 0 aliphatic heterocycles. The second-order valence-electron chi connectivity index (χ2n) is 4.65. The highest BCUT2D eigenvalue weighted by Gasteiger charge is 2.29. The van der Waals surface area contributed by atoms with E-state index in [0.29, 0.717) is 5.56 Å². The van der Waals surface area contributed by atoms with Crippen LogP contribution in [0.3, 0.4) is 0 Å². The van der Waals surface area contributed by atoms with Gasteiger partial charge in [0.25, 0.3) is 5.91 Å². The number of fused-ring (bicyclic) bond motifs is 1. The van der Waals surface area contributed by atoms with Gasteiger partial charge in [0.2, 0.25) is 0 Å². The van der Waals surface area contributed by atoms with Crippen LogP contribution in [-0.2, 0) is 4.79 Å². The molecule has 2 aromatic carbocycles. The van der Waals surface area contributed by atoms with Crippen molar-refractivity contribution in [2.24, 2.45) is 0 Å². The maximum atomic E-state index is 12.6. The highest BCUT2D eigenvalue weighted by atomic mass is 16.4. The highest BCUT2D eigenvalue weighted by molar-refractivity contribution is 6.07. The topological polar surface area (TPSA) is 77.8 Å². The van der Waals surface area contributed by atoms with Crippen LogP contribution in [0.15, 0.2) is 42.5 Å². The number of carbonyl (C=O) groups excluding carboxylic acids is 1. The monoisotopic (exact) mass is 287 g/mol. The van der Waals surface area contributed by atoms with E-state index in [-0.39, 0.29) is 6.54 Å².